The van der Waals surface area contributed by atoms with Gasteiger partial charge in [-0.2, -0.15) is 4.31 Å². The summed E-state index contributed by atoms with van der Waals surface area (Å²) in [6, 6.07) is 0.207. The van der Waals surface area contributed by atoms with Crippen molar-refractivity contribution in [2.75, 3.05) is 27.7 Å². The minimum Gasteiger partial charge on any atom is -0.304 e. The van der Waals surface area contributed by atoms with Crippen molar-refractivity contribution >= 4 is 10.0 Å². The van der Waals surface area contributed by atoms with E-state index in [2.05, 4.69) is 6.58 Å². The van der Waals surface area contributed by atoms with Crippen LogP contribution in [0.25, 0.3) is 0 Å². The zero-order chi connectivity index (χ0) is 10.9. The lowest BCUT2D eigenvalue weighted by Crippen LogP contribution is -2.32. The molecular weight excluding hydrogens is 200 g/mol. The van der Waals surface area contributed by atoms with E-state index in [1.165, 1.54) is 4.31 Å². The van der Waals surface area contributed by atoms with Gasteiger partial charge in [0.1, 0.15) is 0 Å². The fourth-order valence-electron chi connectivity index (χ4n) is 1.27. The SMILES string of the molecule is C=C(CN(C)C)S(=O)(=O)N(C)C1CC1. The first-order valence-corrected chi connectivity index (χ1v) is 6.10. The number of hydrogen-bond donors (Lipinski definition) is 0. The van der Waals surface area contributed by atoms with E-state index in [1.54, 1.807) is 11.9 Å². The van der Waals surface area contributed by atoms with Gasteiger partial charge in [0.25, 0.3) is 0 Å². The van der Waals surface area contributed by atoms with E-state index < -0.39 is 10.0 Å². The highest BCUT2D eigenvalue weighted by Gasteiger charge is 2.35. The summed E-state index contributed by atoms with van der Waals surface area (Å²) >= 11 is 0. The Labute approximate surface area is 86.2 Å². The largest absolute Gasteiger partial charge is 0.304 e. The van der Waals surface area contributed by atoms with Gasteiger partial charge in [-0.05, 0) is 26.9 Å². The molecule has 82 valence electrons. The minimum atomic E-state index is -3.27. The van der Waals surface area contributed by atoms with Crippen LogP contribution in [0.1, 0.15) is 12.8 Å². The molecule has 0 N–H and O–H groups in total. The summed E-state index contributed by atoms with van der Waals surface area (Å²) in [6.45, 7) is 4.01. The standard InChI is InChI=1S/C9H18N2O2S/c1-8(7-10(2)3)14(12,13)11(4)9-5-6-9/h9H,1,5-7H2,2-4H3. The van der Waals surface area contributed by atoms with E-state index in [0.717, 1.165) is 12.8 Å². The summed E-state index contributed by atoms with van der Waals surface area (Å²) in [5.41, 5.74) is 0. The molecule has 14 heavy (non-hydrogen) atoms. The van der Waals surface area contributed by atoms with Crippen LogP contribution in [0.3, 0.4) is 0 Å². The second-order valence-electron chi connectivity index (χ2n) is 4.03. The molecule has 1 fully saturated rings. The minimum absolute atomic E-state index is 0.207. The topological polar surface area (TPSA) is 40.6 Å². The fraction of sp³-hybridized carbons (Fsp3) is 0.778. The number of nitrogens with zero attached hydrogens (tertiary/aromatic N) is 2. The van der Waals surface area contributed by atoms with Crippen molar-refractivity contribution in [2.24, 2.45) is 0 Å². The predicted molar refractivity (Wildman–Crippen MR) is 57.4 cm³/mol. The Balaban J connectivity index is 2.68. The van der Waals surface area contributed by atoms with E-state index in [0.29, 0.717) is 6.54 Å². The average Bonchev–Trinajstić information content (AvgIpc) is 2.83. The molecule has 0 aliphatic heterocycles. The molecule has 5 heteroatoms. The number of rotatable bonds is 5. The third kappa shape index (κ3) is 2.56. The van der Waals surface area contributed by atoms with Crippen molar-refractivity contribution in [3.63, 3.8) is 0 Å². The molecule has 0 spiro atoms. The third-order valence-electron chi connectivity index (χ3n) is 2.30. The molecule has 1 aliphatic carbocycles. The zero-order valence-corrected chi connectivity index (χ0v) is 9.84. The molecule has 0 amide bonds. The van der Waals surface area contributed by atoms with Gasteiger partial charge in [-0.25, -0.2) is 8.42 Å². The summed E-state index contributed by atoms with van der Waals surface area (Å²) in [4.78, 5) is 2.08. The van der Waals surface area contributed by atoms with Gasteiger partial charge in [0.15, 0.2) is 0 Å². The van der Waals surface area contributed by atoms with Gasteiger partial charge in [-0.3, -0.25) is 0 Å². The molecule has 0 radical (unpaired) electrons. The molecule has 0 bridgehead atoms. The van der Waals surface area contributed by atoms with Crippen molar-refractivity contribution < 1.29 is 8.42 Å². The van der Waals surface area contributed by atoms with Crippen LogP contribution in [0.5, 0.6) is 0 Å². The normalized spacial score (nSPS) is 17.8. The van der Waals surface area contributed by atoms with E-state index in [9.17, 15) is 8.42 Å². The average molecular weight is 218 g/mol. The summed E-state index contributed by atoms with van der Waals surface area (Å²) in [5.74, 6) is 0. The van der Waals surface area contributed by atoms with Gasteiger partial charge in [-0.1, -0.05) is 6.58 Å². The van der Waals surface area contributed by atoms with Gasteiger partial charge in [-0.15, -0.1) is 0 Å². The van der Waals surface area contributed by atoms with Crippen LogP contribution in [-0.2, 0) is 10.0 Å². The smallest absolute Gasteiger partial charge is 0.239 e. The molecule has 0 atom stereocenters. The highest BCUT2D eigenvalue weighted by atomic mass is 32.2. The van der Waals surface area contributed by atoms with E-state index in [4.69, 9.17) is 0 Å². The van der Waals surface area contributed by atoms with Crippen LogP contribution in [0.4, 0.5) is 0 Å². The van der Waals surface area contributed by atoms with E-state index in [1.807, 2.05) is 14.1 Å². The maximum absolute atomic E-state index is 11.8. The third-order valence-corrected chi connectivity index (χ3v) is 4.21. The Morgan fingerprint density at radius 1 is 1.36 bits per heavy atom. The molecule has 1 aliphatic rings. The lowest BCUT2D eigenvalue weighted by molar-refractivity contribution is 0.436. The molecule has 0 heterocycles. The fourth-order valence-corrected chi connectivity index (χ4v) is 2.70. The molecule has 0 unspecified atom stereocenters. The lowest BCUT2D eigenvalue weighted by atomic mass is 10.6. The highest BCUT2D eigenvalue weighted by molar-refractivity contribution is 7.93. The number of sulfonamides is 1. The Morgan fingerprint density at radius 2 is 1.86 bits per heavy atom. The van der Waals surface area contributed by atoms with Gasteiger partial charge in [0, 0.05) is 19.6 Å². The maximum atomic E-state index is 11.8. The van der Waals surface area contributed by atoms with Gasteiger partial charge < -0.3 is 4.90 Å². The van der Waals surface area contributed by atoms with E-state index >= 15 is 0 Å². The quantitative estimate of drug-likeness (QED) is 0.674. The monoisotopic (exact) mass is 218 g/mol. The first-order chi connectivity index (χ1) is 6.35. The maximum Gasteiger partial charge on any atom is 0.239 e. The molecule has 0 saturated heterocycles. The predicted octanol–water partition coefficient (Wildman–Crippen LogP) is 0.486. The zero-order valence-electron chi connectivity index (χ0n) is 9.02. The first-order valence-electron chi connectivity index (χ1n) is 4.66. The second kappa shape index (κ2) is 4.00. The molecule has 0 aromatic rings. The summed E-state index contributed by atoms with van der Waals surface area (Å²) in [7, 11) is 2.02. The van der Waals surface area contributed by atoms with Crippen LogP contribution in [0, 0.1) is 0 Å². The van der Waals surface area contributed by atoms with Crippen LogP contribution in [-0.4, -0.2) is 51.4 Å². The van der Waals surface area contributed by atoms with Crippen LogP contribution >= 0.6 is 0 Å². The van der Waals surface area contributed by atoms with Crippen molar-refractivity contribution in [1.29, 1.82) is 0 Å². The van der Waals surface area contributed by atoms with Gasteiger partial charge >= 0.3 is 0 Å². The molecule has 1 saturated carbocycles. The summed E-state index contributed by atoms with van der Waals surface area (Å²) < 4.78 is 25.1. The van der Waals surface area contributed by atoms with Gasteiger partial charge in [0.05, 0.1) is 4.91 Å². The summed E-state index contributed by atoms with van der Waals surface area (Å²) in [6.07, 6.45) is 1.95. The lowest BCUT2D eigenvalue weighted by Gasteiger charge is -2.19. The molecule has 0 aromatic carbocycles. The van der Waals surface area contributed by atoms with Crippen LogP contribution < -0.4 is 0 Å². The Hall–Kier alpha value is -0.390. The molecular formula is C9H18N2O2S. The molecule has 0 aromatic heterocycles. The molecule has 1 rings (SSSR count). The Morgan fingerprint density at radius 3 is 2.21 bits per heavy atom. The second-order valence-corrected chi connectivity index (χ2v) is 6.13. The van der Waals surface area contributed by atoms with Crippen LogP contribution in [0.2, 0.25) is 0 Å². The highest BCUT2D eigenvalue weighted by Crippen LogP contribution is 2.29. The van der Waals surface area contributed by atoms with Crippen molar-refractivity contribution in [3.05, 3.63) is 11.5 Å². The Kier molecular flexibility index (Phi) is 3.34. The van der Waals surface area contributed by atoms with Gasteiger partial charge in [0.2, 0.25) is 10.0 Å². The first kappa shape index (κ1) is 11.7. The van der Waals surface area contributed by atoms with Crippen molar-refractivity contribution in [3.8, 4) is 0 Å². The summed E-state index contributed by atoms with van der Waals surface area (Å²) in [5, 5.41) is 0. The number of hydrogen-bond acceptors (Lipinski definition) is 3. The molecule has 4 nitrogen and oxygen atoms in total. The number of likely N-dealkylation sites (N-methyl/N-ethyl adjacent to an activating group) is 1. The van der Waals surface area contributed by atoms with E-state index in [-0.39, 0.29) is 10.9 Å². The van der Waals surface area contributed by atoms with Crippen molar-refractivity contribution in [2.45, 2.75) is 18.9 Å². The Bertz CT molecular complexity index is 318. The van der Waals surface area contributed by atoms with Crippen molar-refractivity contribution in [1.82, 2.24) is 9.21 Å². The van der Waals surface area contributed by atoms with Crippen LogP contribution in [0.15, 0.2) is 11.5 Å².